The predicted molar refractivity (Wildman–Crippen MR) is 235 cm³/mol. The Labute approximate surface area is 335 Å². The van der Waals surface area contributed by atoms with Gasteiger partial charge in [-0.1, -0.05) is 81.7 Å². The molecule has 0 N–H and O–H groups in total. The number of rotatable bonds is 16. The van der Waals surface area contributed by atoms with E-state index in [2.05, 4.69) is 173 Å². The van der Waals surface area contributed by atoms with Gasteiger partial charge in [-0.05, 0) is 90.7 Å². The third kappa shape index (κ3) is 8.71. The Bertz CT molecular complexity index is 2300. The van der Waals surface area contributed by atoms with E-state index < -0.39 is 0 Å². The largest absolute Gasteiger partial charge is 0.305 e. The Morgan fingerprint density at radius 1 is 1.09 bits per heavy atom. The number of pyridine rings is 1. The van der Waals surface area contributed by atoms with E-state index >= 15 is 0 Å². The molecule has 56 heavy (non-hydrogen) atoms. The van der Waals surface area contributed by atoms with Crippen LogP contribution in [-0.4, -0.2) is 46.5 Å². The first-order valence-electron chi connectivity index (χ1n) is 20.3. The van der Waals surface area contributed by atoms with E-state index in [1.165, 1.54) is 11.1 Å². The van der Waals surface area contributed by atoms with E-state index in [0.717, 1.165) is 82.8 Å². The van der Waals surface area contributed by atoms with E-state index in [1.807, 2.05) is 24.4 Å². The highest BCUT2D eigenvalue weighted by atomic mass is 15.2. The summed E-state index contributed by atoms with van der Waals surface area (Å²) in [6.45, 7) is 28.6. The Morgan fingerprint density at radius 3 is 2.52 bits per heavy atom. The van der Waals surface area contributed by atoms with Gasteiger partial charge in [-0.25, -0.2) is 28.7 Å². The average Bonchev–Trinajstić information content (AvgIpc) is 3.86. The minimum atomic E-state index is 0.00725. The molecule has 0 radical (unpaired) electrons. The molecule has 294 valence electrons. The molecule has 4 aromatic rings. The Morgan fingerprint density at radius 2 is 1.86 bits per heavy atom. The highest BCUT2D eigenvalue weighted by Crippen LogP contribution is 2.37. The van der Waals surface area contributed by atoms with Crippen molar-refractivity contribution in [1.82, 2.24) is 28.7 Å². The molecule has 5 heterocycles. The van der Waals surface area contributed by atoms with Crippen molar-refractivity contribution < 1.29 is 9.14 Å². The lowest BCUT2D eigenvalue weighted by Crippen LogP contribution is -2.36. The summed E-state index contributed by atoms with van der Waals surface area (Å²) in [5, 5.41) is 0. The van der Waals surface area contributed by atoms with E-state index in [4.69, 9.17) is 15.0 Å². The van der Waals surface area contributed by atoms with Crippen LogP contribution in [0.15, 0.2) is 97.1 Å². The summed E-state index contributed by atoms with van der Waals surface area (Å²) in [5.74, 6) is 4.83. The molecule has 8 heteroatoms. The van der Waals surface area contributed by atoms with Crippen LogP contribution >= 0.6 is 0 Å². The lowest BCUT2D eigenvalue weighted by molar-refractivity contribution is -0.588. The maximum Gasteiger partial charge on any atom is 0.305 e. The van der Waals surface area contributed by atoms with Gasteiger partial charge >= 0.3 is 5.82 Å². The number of hydrogen-bond donors (Lipinski definition) is 0. The monoisotopic (exact) mass is 753 g/mol. The van der Waals surface area contributed by atoms with Gasteiger partial charge in [-0.2, -0.15) is 4.57 Å². The number of fused-ring (bicyclic) bond motifs is 2. The van der Waals surface area contributed by atoms with Crippen molar-refractivity contribution in [2.45, 2.75) is 118 Å². The van der Waals surface area contributed by atoms with Gasteiger partial charge in [0, 0.05) is 30.0 Å². The normalized spacial score (nSPS) is 16.1. The first kappa shape index (κ1) is 41.8. The van der Waals surface area contributed by atoms with Crippen LogP contribution in [0.2, 0.25) is 0 Å². The van der Waals surface area contributed by atoms with E-state index in [1.54, 1.807) is 0 Å². The van der Waals surface area contributed by atoms with Gasteiger partial charge < -0.3 is 4.57 Å². The molecule has 0 bridgehead atoms. The van der Waals surface area contributed by atoms with Gasteiger partial charge in [-0.3, -0.25) is 0 Å². The lowest BCUT2D eigenvalue weighted by Gasteiger charge is -2.20. The molecule has 0 saturated carbocycles. The molecule has 0 amide bonds. The highest BCUT2D eigenvalue weighted by molar-refractivity contribution is 5.72. The van der Waals surface area contributed by atoms with E-state index in [0.29, 0.717) is 12.5 Å². The van der Waals surface area contributed by atoms with Crippen molar-refractivity contribution in [2.75, 3.05) is 7.05 Å². The van der Waals surface area contributed by atoms with Crippen LogP contribution in [0.25, 0.3) is 28.5 Å². The minimum absolute atomic E-state index is 0.00725. The van der Waals surface area contributed by atoms with Crippen LogP contribution in [0.3, 0.4) is 0 Å². The van der Waals surface area contributed by atoms with Gasteiger partial charge in [-0.15, -0.1) is 0 Å². The molecular formula is C48H64N8+2. The minimum Gasteiger partial charge on any atom is -0.302 e. The first-order valence-corrected chi connectivity index (χ1v) is 20.3. The Hall–Kier alpha value is -5.33. The third-order valence-corrected chi connectivity index (χ3v) is 10.9. The van der Waals surface area contributed by atoms with Crippen molar-refractivity contribution in [3.8, 4) is 0 Å². The topological polar surface area (TPSA) is 60.4 Å². The van der Waals surface area contributed by atoms with Crippen LogP contribution < -0.4 is 4.57 Å². The molecule has 1 aliphatic heterocycles. The highest BCUT2D eigenvalue weighted by Gasteiger charge is 2.34. The summed E-state index contributed by atoms with van der Waals surface area (Å²) in [6.07, 6.45) is 27.3. The second-order valence-electron chi connectivity index (χ2n) is 15.5. The van der Waals surface area contributed by atoms with Crippen LogP contribution in [0.5, 0.6) is 0 Å². The number of imidazole rings is 3. The van der Waals surface area contributed by atoms with Crippen LogP contribution in [-0.2, 0) is 13.6 Å². The van der Waals surface area contributed by atoms with Gasteiger partial charge in [0.15, 0.2) is 17.0 Å². The molecular weight excluding hydrogens is 689 g/mol. The van der Waals surface area contributed by atoms with Crippen molar-refractivity contribution in [2.24, 2.45) is 7.05 Å². The second kappa shape index (κ2) is 18.5. The number of nitrogens with zero attached hydrogens (tertiary/aromatic N) is 8. The molecule has 5 rings (SSSR count). The fraction of sp³-hybridized carbons (Fsp3) is 0.417. The molecule has 4 aromatic heterocycles. The van der Waals surface area contributed by atoms with Gasteiger partial charge in [0.2, 0.25) is 5.82 Å². The standard InChI is InChI=1S/C48H64N8/c1-14-20-40(29-33(6)7)56-45(50-42-22-19-26-49-46(42)56)36(10)23-24-38(47-53(13)41(21-15-2)32-55(47)39(18-5)30-34(8)17-4)31-37(11)44-51-43-35(9)25-28-52(12)48(43)54(44)27-16-3/h14-16,18-22,26,28-29,31-32,35-36,38,40H,3,5,17,23-25,27H2,1-2,4,6-13H3/q+2. The number of hydrogen-bond acceptors (Lipinski definition) is 3. The summed E-state index contributed by atoms with van der Waals surface area (Å²) in [5.41, 5.74) is 12.3. The smallest absolute Gasteiger partial charge is 0.302 e. The molecule has 0 aromatic carbocycles. The third-order valence-electron chi connectivity index (χ3n) is 10.9. The summed E-state index contributed by atoms with van der Waals surface area (Å²) < 4.78 is 11.5. The summed E-state index contributed by atoms with van der Waals surface area (Å²) in [4.78, 5) is 15.5. The summed E-state index contributed by atoms with van der Waals surface area (Å²) >= 11 is 0. The van der Waals surface area contributed by atoms with Crippen molar-refractivity contribution in [3.05, 3.63) is 126 Å². The molecule has 8 nitrogen and oxygen atoms in total. The summed E-state index contributed by atoms with van der Waals surface area (Å²) in [7, 11) is 4.30. The maximum absolute atomic E-state index is 5.36. The number of aromatic nitrogens is 7. The molecule has 0 saturated heterocycles. The zero-order valence-electron chi connectivity index (χ0n) is 35.8. The lowest BCUT2D eigenvalue weighted by atomic mass is 9.93. The zero-order chi connectivity index (χ0) is 40.7. The first-order chi connectivity index (χ1) is 26.9. The van der Waals surface area contributed by atoms with Crippen LogP contribution in [0.1, 0.15) is 141 Å². The Balaban J connectivity index is 1.72. The molecule has 4 atom stereocenters. The van der Waals surface area contributed by atoms with Crippen molar-refractivity contribution in [3.63, 3.8) is 0 Å². The predicted octanol–water partition coefficient (Wildman–Crippen LogP) is 11.2. The van der Waals surface area contributed by atoms with Crippen LogP contribution in [0, 0.1) is 0 Å². The second-order valence-corrected chi connectivity index (χ2v) is 15.5. The van der Waals surface area contributed by atoms with Crippen LogP contribution in [0.4, 0.5) is 5.82 Å². The average molecular weight is 753 g/mol. The van der Waals surface area contributed by atoms with E-state index in [-0.39, 0.29) is 17.9 Å². The fourth-order valence-corrected chi connectivity index (χ4v) is 7.89. The summed E-state index contributed by atoms with van der Waals surface area (Å²) in [6, 6.07) is 4.06. The van der Waals surface area contributed by atoms with E-state index in [9.17, 15) is 0 Å². The molecule has 0 fully saturated rings. The molecule has 0 spiro atoms. The van der Waals surface area contributed by atoms with Crippen molar-refractivity contribution >= 4 is 40.5 Å². The van der Waals surface area contributed by atoms with Gasteiger partial charge in [0.05, 0.1) is 32.3 Å². The molecule has 1 aliphatic rings. The fourth-order valence-electron chi connectivity index (χ4n) is 7.89. The van der Waals surface area contributed by atoms with Crippen molar-refractivity contribution in [1.29, 1.82) is 0 Å². The van der Waals surface area contributed by atoms with Gasteiger partial charge in [0.1, 0.15) is 29.8 Å². The Kier molecular flexibility index (Phi) is 13.8. The molecule has 4 unspecified atom stereocenters. The maximum atomic E-state index is 5.36. The SMILES string of the molecule is C=CCn1c(C(C)=CC(CCC(C)c2nc3cccnc3n2C(C=CC)C=C(C)C)c2n(C)c(C=CC)c[n+]2C(=C=C(C)CC)C=C)nc2c1[N+](C)=CCC2C. The number of allylic oxidation sites excluding steroid dienone is 10. The quantitative estimate of drug-likeness (QED) is 0.0495. The van der Waals surface area contributed by atoms with Gasteiger partial charge in [0.25, 0.3) is 5.82 Å². The zero-order valence-corrected chi connectivity index (χ0v) is 35.8. The molecule has 0 aliphatic carbocycles.